The van der Waals surface area contributed by atoms with Crippen molar-refractivity contribution in [3.8, 4) is 5.69 Å². The number of nitrogens with zero attached hydrogens (tertiary/aromatic N) is 2. The maximum Gasteiger partial charge on any atom is 0.0906 e. The van der Waals surface area contributed by atoms with Gasteiger partial charge in [-0.3, -0.25) is 0 Å². The molecule has 0 aliphatic heterocycles. The second kappa shape index (κ2) is 4.75. The molecule has 84 valence electrons. The molecule has 16 heavy (non-hydrogen) atoms. The number of hydrogen-bond acceptors (Lipinski definition) is 2. The Balaban J connectivity index is 2.46. The van der Waals surface area contributed by atoms with Crippen molar-refractivity contribution in [3.05, 3.63) is 44.6 Å². The summed E-state index contributed by atoms with van der Waals surface area (Å²) in [6.07, 6.45) is 1.84. The third-order valence-corrected chi connectivity index (χ3v) is 3.50. The molecule has 0 bridgehead atoms. The molecule has 0 amide bonds. The number of rotatable bonds is 2. The lowest BCUT2D eigenvalue weighted by Gasteiger charge is -2.02. The van der Waals surface area contributed by atoms with Crippen LogP contribution in [0.5, 0.6) is 0 Å². The highest BCUT2D eigenvalue weighted by Gasteiger charge is 2.07. The average molecular weight is 321 g/mol. The quantitative estimate of drug-likeness (QED) is 0.921. The van der Waals surface area contributed by atoms with Gasteiger partial charge in [-0.05, 0) is 34.1 Å². The highest BCUT2D eigenvalue weighted by molar-refractivity contribution is 9.10. The van der Waals surface area contributed by atoms with Gasteiger partial charge in [-0.25, -0.2) is 4.68 Å². The van der Waals surface area contributed by atoms with Crippen molar-refractivity contribution in [2.24, 2.45) is 5.73 Å². The van der Waals surface area contributed by atoms with Crippen LogP contribution in [0.2, 0.25) is 10.0 Å². The highest BCUT2D eigenvalue weighted by atomic mass is 79.9. The topological polar surface area (TPSA) is 43.8 Å². The van der Waals surface area contributed by atoms with Gasteiger partial charge < -0.3 is 5.73 Å². The zero-order valence-corrected chi connectivity index (χ0v) is 11.2. The monoisotopic (exact) mass is 319 g/mol. The Morgan fingerprint density at radius 1 is 1.31 bits per heavy atom. The van der Waals surface area contributed by atoms with Crippen molar-refractivity contribution >= 4 is 39.1 Å². The maximum atomic E-state index is 5.93. The van der Waals surface area contributed by atoms with Crippen LogP contribution in [0.1, 0.15) is 5.69 Å². The lowest BCUT2D eigenvalue weighted by atomic mass is 10.3. The zero-order valence-electron chi connectivity index (χ0n) is 8.12. The Hall–Kier alpha value is -0.550. The molecule has 2 rings (SSSR count). The first kappa shape index (κ1) is 11.9. The summed E-state index contributed by atoms with van der Waals surface area (Å²) in [6, 6.07) is 5.33. The lowest BCUT2D eigenvalue weighted by Crippen LogP contribution is -2.00. The molecule has 0 aliphatic rings. The molecule has 2 N–H and O–H groups in total. The van der Waals surface area contributed by atoms with Crippen molar-refractivity contribution in [1.29, 1.82) is 0 Å². The van der Waals surface area contributed by atoms with Gasteiger partial charge in [0.25, 0.3) is 0 Å². The van der Waals surface area contributed by atoms with Crippen LogP contribution in [0.3, 0.4) is 0 Å². The van der Waals surface area contributed by atoms with E-state index in [9.17, 15) is 0 Å². The minimum Gasteiger partial charge on any atom is -0.325 e. The van der Waals surface area contributed by atoms with E-state index in [1.807, 2.05) is 12.3 Å². The van der Waals surface area contributed by atoms with Gasteiger partial charge in [0, 0.05) is 12.7 Å². The van der Waals surface area contributed by atoms with E-state index >= 15 is 0 Å². The van der Waals surface area contributed by atoms with Gasteiger partial charge >= 0.3 is 0 Å². The van der Waals surface area contributed by atoms with E-state index in [2.05, 4.69) is 21.0 Å². The lowest BCUT2D eigenvalue weighted by molar-refractivity contribution is 0.833. The van der Waals surface area contributed by atoms with Crippen LogP contribution < -0.4 is 5.73 Å². The van der Waals surface area contributed by atoms with Gasteiger partial charge in [0.1, 0.15) is 0 Å². The van der Waals surface area contributed by atoms with Gasteiger partial charge in [0.15, 0.2) is 0 Å². The standard InChI is InChI=1S/C10H8BrCl2N3/c11-7-5-16(15-10(7)4-14)6-1-2-8(12)9(13)3-6/h1-3,5H,4,14H2. The van der Waals surface area contributed by atoms with Crippen LogP contribution in [-0.2, 0) is 6.54 Å². The van der Waals surface area contributed by atoms with Crippen molar-refractivity contribution in [2.75, 3.05) is 0 Å². The summed E-state index contributed by atoms with van der Waals surface area (Å²) < 4.78 is 2.58. The normalized spacial score (nSPS) is 10.8. The molecule has 0 saturated carbocycles. The fourth-order valence-electron chi connectivity index (χ4n) is 1.29. The SMILES string of the molecule is NCc1nn(-c2ccc(Cl)c(Cl)c2)cc1Br. The van der Waals surface area contributed by atoms with Crippen LogP contribution in [0, 0.1) is 0 Å². The molecule has 1 heterocycles. The molecule has 0 fully saturated rings. The molecule has 2 aromatic rings. The Labute approximate surface area is 111 Å². The van der Waals surface area contributed by atoms with Gasteiger partial charge in [-0.2, -0.15) is 5.10 Å². The Kier molecular flexibility index (Phi) is 3.54. The summed E-state index contributed by atoms with van der Waals surface area (Å²) in [5.41, 5.74) is 7.18. The molecule has 3 nitrogen and oxygen atoms in total. The summed E-state index contributed by atoms with van der Waals surface area (Å²) in [4.78, 5) is 0. The maximum absolute atomic E-state index is 5.93. The third-order valence-electron chi connectivity index (χ3n) is 2.10. The van der Waals surface area contributed by atoms with Crippen LogP contribution >= 0.6 is 39.1 Å². The molecule has 0 atom stereocenters. The van der Waals surface area contributed by atoms with Gasteiger partial charge in [0.05, 0.1) is 25.9 Å². The highest BCUT2D eigenvalue weighted by Crippen LogP contribution is 2.25. The van der Waals surface area contributed by atoms with Crippen molar-refractivity contribution < 1.29 is 0 Å². The summed E-state index contributed by atoms with van der Waals surface area (Å²) in [6.45, 7) is 0.384. The Morgan fingerprint density at radius 3 is 2.62 bits per heavy atom. The number of hydrogen-bond donors (Lipinski definition) is 1. The molecule has 1 aromatic heterocycles. The molecule has 0 aliphatic carbocycles. The molecule has 6 heteroatoms. The fraction of sp³-hybridized carbons (Fsp3) is 0.100. The van der Waals surface area contributed by atoms with Gasteiger partial charge in [0.2, 0.25) is 0 Å². The molecular weight excluding hydrogens is 313 g/mol. The summed E-state index contributed by atoms with van der Waals surface area (Å²) >= 11 is 15.2. The molecular formula is C10H8BrCl2N3. The first-order valence-corrected chi connectivity index (χ1v) is 6.06. The molecule has 0 unspecified atom stereocenters. The number of benzene rings is 1. The van der Waals surface area contributed by atoms with E-state index in [-0.39, 0.29) is 0 Å². The smallest absolute Gasteiger partial charge is 0.0906 e. The van der Waals surface area contributed by atoms with Crippen molar-refractivity contribution in [2.45, 2.75) is 6.54 Å². The zero-order chi connectivity index (χ0) is 11.7. The summed E-state index contributed by atoms with van der Waals surface area (Å²) in [7, 11) is 0. The first-order chi connectivity index (χ1) is 7.61. The molecule has 1 aromatic carbocycles. The van der Waals surface area contributed by atoms with E-state index in [1.54, 1.807) is 16.8 Å². The molecule has 0 saturated heterocycles. The van der Waals surface area contributed by atoms with Crippen molar-refractivity contribution in [1.82, 2.24) is 9.78 Å². The second-order valence-electron chi connectivity index (χ2n) is 3.17. The fourth-order valence-corrected chi connectivity index (χ4v) is 2.01. The molecule has 0 spiro atoms. The Bertz CT molecular complexity index is 525. The minimum absolute atomic E-state index is 0.384. The first-order valence-electron chi connectivity index (χ1n) is 4.51. The van der Waals surface area contributed by atoms with E-state index in [0.29, 0.717) is 16.6 Å². The van der Waals surface area contributed by atoms with Crippen molar-refractivity contribution in [3.63, 3.8) is 0 Å². The third kappa shape index (κ3) is 2.25. The van der Waals surface area contributed by atoms with Crippen LogP contribution in [0.25, 0.3) is 5.69 Å². The largest absolute Gasteiger partial charge is 0.325 e. The minimum atomic E-state index is 0.384. The van der Waals surface area contributed by atoms with E-state index in [4.69, 9.17) is 28.9 Å². The van der Waals surface area contributed by atoms with Crippen LogP contribution in [0.4, 0.5) is 0 Å². The predicted molar refractivity (Wildman–Crippen MR) is 69.2 cm³/mol. The number of halogens is 3. The van der Waals surface area contributed by atoms with E-state index < -0.39 is 0 Å². The summed E-state index contributed by atoms with van der Waals surface area (Å²) in [5, 5.41) is 5.34. The van der Waals surface area contributed by atoms with Crippen LogP contribution in [-0.4, -0.2) is 9.78 Å². The van der Waals surface area contributed by atoms with E-state index in [1.165, 1.54) is 0 Å². The Morgan fingerprint density at radius 2 is 2.06 bits per heavy atom. The molecule has 0 radical (unpaired) electrons. The number of nitrogens with two attached hydrogens (primary N) is 1. The second-order valence-corrected chi connectivity index (χ2v) is 4.84. The number of aromatic nitrogens is 2. The van der Waals surface area contributed by atoms with E-state index in [0.717, 1.165) is 15.9 Å². The average Bonchev–Trinajstić information content (AvgIpc) is 2.64. The van der Waals surface area contributed by atoms with Crippen LogP contribution in [0.15, 0.2) is 28.9 Å². The predicted octanol–water partition coefficient (Wildman–Crippen LogP) is 3.40. The van der Waals surface area contributed by atoms with Gasteiger partial charge in [-0.15, -0.1) is 0 Å². The summed E-state index contributed by atoms with van der Waals surface area (Å²) in [5.74, 6) is 0. The van der Waals surface area contributed by atoms with Gasteiger partial charge in [-0.1, -0.05) is 23.2 Å².